The molecule has 0 aromatic heterocycles. The van der Waals surface area contributed by atoms with Crippen molar-refractivity contribution in [2.75, 3.05) is 26.8 Å². The summed E-state index contributed by atoms with van der Waals surface area (Å²) in [6, 6.07) is 12.8. The number of aryl methyl sites for hydroxylation is 1. The van der Waals surface area contributed by atoms with E-state index < -0.39 is 32.1 Å². The van der Waals surface area contributed by atoms with Crippen LogP contribution in [0.3, 0.4) is 0 Å². The smallest absolute Gasteiger partial charge is 0.330 e. The van der Waals surface area contributed by atoms with Crippen LogP contribution in [0.2, 0.25) is 5.02 Å². The van der Waals surface area contributed by atoms with Crippen LogP contribution in [0.25, 0.3) is 0 Å². The van der Waals surface area contributed by atoms with Crippen LogP contribution in [0.1, 0.15) is 30.5 Å². The average molecular weight is 575 g/mol. The Labute approximate surface area is 226 Å². The number of hydrogen-bond acceptors (Lipinski definition) is 8. The SMILES string of the molecule is CCOC(=O)/C=C1/CN(C(C(=O)OC)c2ccccc2Cl)CCC1SS(=O)(=O)c1ccc(C)cc1.Cl. The second kappa shape index (κ2) is 13.5. The van der Waals surface area contributed by atoms with Gasteiger partial charge in [0.1, 0.15) is 6.04 Å². The van der Waals surface area contributed by atoms with Gasteiger partial charge in [-0.05, 0) is 60.4 Å². The van der Waals surface area contributed by atoms with Crippen molar-refractivity contribution in [3.05, 3.63) is 76.3 Å². The second-order valence-electron chi connectivity index (χ2n) is 8.03. The molecule has 0 aliphatic carbocycles. The number of ether oxygens (including phenoxy) is 2. The quantitative estimate of drug-likeness (QED) is 0.248. The molecule has 7 nitrogen and oxygen atoms in total. The van der Waals surface area contributed by atoms with Gasteiger partial charge in [0.05, 0.1) is 18.6 Å². The number of carbonyl (C=O) groups excluding carboxylic acids is 2. The predicted molar refractivity (Wildman–Crippen MR) is 144 cm³/mol. The molecule has 36 heavy (non-hydrogen) atoms. The fraction of sp³-hybridized carbons (Fsp3) is 0.360. The molecular formula is C25H29Cl2NO6S2. The number of likely N-dealkylation sites (tertiary alicyclic amines) is 1. The molecule has 1 heterocycles. The molecule has 0 amide bonds. The Kier molecular flexibility index (Phi) is 11.3. The molecule has 0 bridgehead atoms. The number of halogens is 2. The number of hydrogen-bond donors (Lipinski definition) is 0. The van der Waals surface area contributed by atoms with Crippen LogP contribution in [0.5, 0.6) is 0 Å². The van der Waals surface area contributed by atoms with Crippen molar-refractivity contribution >= 4 is 55.6 Å². The molecule has 1 saturated heterocycles. The van der Waals surface area contributed by atoms with Gasteiger partial charge in [0.25, 0.3) is 0 Å². The van der Waals surface area contributed by atoms with Crippen LogP contribution in [0.15, 0.2) is 65.1 Å². The monoisotopic (exact) mass is 573 g/mol. The first-order chi connectivity index (χ1) is 16.7. The zero-order valence-corrected chi connectivity index (χ0v) is 23.4. The first-order valence-electron chi connectivity index (χ1n) is 11.1. The minimum Gasteiger partial charge on any atom is -0.468 e. The van der Waals surface area contributed by atoms with Gasteiger partial charge in [-0.3, -0.25) is 4.90 Å². The predicted octanol–water partition coefficient (Wildman–Crippen LogP) is 4.97. The third kappa shape index (κ3) is 7.49. The molecule has 1 fully saturated rings. The Morgan fingerprint density at radius 1 is 1.19 bits per heavy atom. The summed E-state index contributed by atoms with van der Waals surface area (Å²) in [4.78, 5) is 27.2. The average Bonchev–Trinajstić information content (AvgIpc) is 2.82. The third-order valence-electron chi connectivity index (χ3n) is 5.61. The number of carbonyl (C=O) groups is 2. The molecule has 2 aromatic carbocycles. The Balaban J connectivity index is 0.00000456. The van der Waals surface area contributed by atoms with Crippen molar-refractivity contribution in [3.63, 3.8) is 0 Å². The highest BCUT2D eigenvalue weighted by molar-refractivity contribution is 8.72. The van der Waals surface area contributed by atoms with E-state index in [2.05, 4.69) is 0 Å². The van der Waals surface area contributed by atoms with E-state index in [4.69, 9.17) is 21.1 Å². The molecule has 1 aliphatic rings. The van der Waals surface area contributed by atoms with Crippen LogP contribution < -0.4 is 0 Å². The topological polar surface area (TPSA) is 90.0 Å². The number of benzene rings is 2. The summed E-state index contributed by atoms with van der Waals surface area (Å²) in [5.41, 5.74) is 2.09. The fourth-order valence-electron chi connectivity index (χ4n) is 3.88. The molecule has 0 radical (unpaired) electrons. The standard InChI is InChI=1S/C25H28ClNO6S2.ClH/c1-4-33-23(28)15-18-16-27(24(25(29)32-3)20-7-5-6-8-21(20)26)14-13-22(18)34-35(30,31)19-11-9-17(2)10-12-19;/h5-12,15,22,24H,4,13-14,16H2,1-3H3;1H/b18-15-;. The summed E-state index contributed by atoms with van der Waals surface area (Å²) in [5.74, 6) is -1.05. The van der Waals surface area contributed by atoms with E-state index in [1.165, 1.54) is 13.2 Å². The lowest BCUT2D eigenvalue weighted by Crippen LogP contribution is -2.43. The molecule has 0 saturated carbocycles. The van der Waals surface area contributed by atoms with Gasteiger partial charge in [0.15, 0.2) is 0 Å². The molecule has 196 valence electrons. The highest BCUT2D eigenvalue weighted by Gasteiger charge is 2.37. The van der Waals surface area contributed by atoms with E-state index >= 15 is 0 Å². The first-order valence-corrected chi connectivity index (χ1v) is 14.4. The van der Waals surface area contributed by atoms with Crippen molar-refractivity contribution in [1.82, 2.24) is 4.90 Å². The van der Waals surface area contributed by atoms with Crippen LogP contribution in [0, 0.1) is 6.92 Å². The van der Waals surface area contributed by atoms with Crippen molar-refractivity contribution < 1.29 is 27.5 Å². The minimum absolute atomic E-state index is 0. The number of esters is 2. The van der Waals surface area contributed by atoms with Gasteiger partial charge in [-0.15, -0.1) is 12.4 Å². The first kappa shape index (κ1) is 30.2. The zero-order valence-electron chi connectivity index (χ0n) is 20.2. The lowest BCUT2D eigenvalue weighted by Gasteiger charge is -2.37. The summed E-state index contributed by atoms with van der Waals surface area (Å²) in [6.45, 7) is 4.34. The van der Waals surface area contributed by atoms with Gasteiger partial charge < -0.3 is 9.47 Å². The molecule has 2 aromatic rings. The number of methoxy groups -OCH3 is 1. The molecule has 1 aliphatic heterocycles. The summed E-state index contributed by atoms with van der Waals surface area (Å²) < 4.78 is 36.4. The fourth-order valence-corrected chi connectivity index (χ4v) is 7.72. The summed E-state index contributed by atoms with van der Waals surface area (Å²) in [7, 11) is -1.57. The molecule has 2 atom stereocenters. The van der Waals surface area contributed by atoms with E-state index in [1.54, 1.807) is 55.5 Å². The van der Waals surface area contributed by atoms with Crippen LogP contribution in [-0.4, -0.2) is 57.3 Å². The molecule has 0 N–H and O–H groups in total. The van der Waals surface area contributed by atoms with Crippen molar-refractivity contribution in [2.45, 2.75) is 36.5 Å². The van der Waals surface area contributed by atoms with Gasteiger partial charge in [0, 0.05) is 29.4 Å². The van der Waals surface area contributed by atoms with E-state index in [-0.39, 0.29) is 30.5 Å². The molecular weight excluding hydrogens is 545 g/mol. The zero-order chi connectivity index (χ0) is 25.6. The van der Waals surface area contributed by atoms with Crippen molar-refractivity contribution in [3.8, 4) is 0 Å². The van der Waals surface area contributed by atoms with Crippen LogP contribution >= 0.6 is 34.8 Å². The summed E-state index contributed by atoms with van der Waals surface area (Å²) >= 11 is 6.39. The lowest BCUT2D eigenvalue weighted by atomic mass is 9.98. The molecule has 2 unspecified atom stereocenters. The van der Waals surface area contributed by atoms with Crippen molar-refractivity contribution in [1.29, 1.82) is 0 Å². The van der Waals surface area contributed by atoms with E-state index in [0.29, 0.717) is 29.1 Å². The van der Waals surface area contributed by atoms with E-state index in [1.807, 2.05) is 11.8 Å². The Morgan fingerprint density at radius 2 is 1.86 bits per heavy atom. The van der Waals surface area contributed by atoms with Crippen molar-refractivity contribution in [2.24, 2.45) is 0 Å². The maximum atomic E-state index is 13.1. The number of piperidine rings is 1. The third-order valence-corrected chi connectivity index (χ3v) is 9.86. The lowest BCUT2D eigenvalue weighted by molar-refractivity contribution is -0.147. The maximum absolute atomic E-state index is 13.1. The van der Waals surface area contributed by atoms with E-state index in [9.17, 15) is 18.0 Å². The second-order valence-corrected chi connectivity index (χ2v) is 12.5. The Hall–Kier alpha value is -2.04. The number of nitrogens with zero attached hydrogens (tertiary/aromatic N) is 1. The van der Waals surface area contributed by atoms with Crippen LogP contribution in [0.4, 0.5) is 0 Å². The highest BCUT2D eigenvalue weighted by atomic mass is 35.5. The molecule has 11 heteroatoms. The van der Waals surface area contributed by atoms with Crippen LogP contribution in [-0.2, 0) is 27.9 Å². The molecule has 0 spiro atoms. The highest BCUT2D eigenvalue weighted by Crippen LogP contribution is 2.39. The summed E-state index contributed by atoms with van der Waals surface area (Å²) in [5, 5.41) is -0.0798. The van der Waals surface area contributed by atoms with Gasteiger partial charge in [-0.2, -0.15) is 0 Å². The largest absolute Gasteiger partial charge is 0.468 e. The van der Waals surface area contributed by atoms with E-state index in [0.717, 1.165) is 16.4 Å². The number of rotatable bonds is 8. The van der Waals surface area contributed by atoms with Gasteiger partial charge in [-0.1, -0.05) is 47.5 Å². The van der Waals surface area contributed by atoms with Gasteiger partial charge >= 0.3 is 11.9 Å². The maximum Gasteiger partial charge on any atom is 0.330 e. The normalized spacial score (nSPS) is 18.2. The molecule has 3 rings (SSSR count). The van der Waals surface area contributed by atoms with Gasteiger partial charge in [-0.25, -0.2) is 18.0 Å². The Bertz CT molecular complexity index is 1200. The minimum atomic E-state index is -3.68. The van der Waals surface area contributed by atoms with Gasteiger partial charge in [0.2, 0.25) is 8.87 Å². The Morgan fingerprint density at radius 3 is 2.47 bits per heavy atom. The summed E-state index contributed by atoms with van der Waals surface area (Å²) in [6.07, 6.45) is 1.72.